The summed E-state index contributed by atoms with van der Waals surface area (Å²) < 4.78 is 10.4. The van der Waals surface area contributed by atoms with Crippen LogP contribution in [0.25, 0.3) is 0 Å². The van der Waals surface area contributed by atoms with Crippen molar-refractivity contribution in [2.75, 3.05) is 7.11 Å². The van der Waals surface area contributed by atoms with Crippen molar-refractivity contribution in [2.45, 2.75) is 0 Å². The molecule has 110 valence electrons. The van der Waals surface area contributed by atoms with Crippen LogP contribution in [0.4, 0.5) is 5.69 Å². The van der Waals surface area contributed by atoms with E-state index in [1.165, 1.54) is 13.2 Å². The highest BCUT2D eigenvalue weighted by Gasteiger charge is 2.22. The molecule has 7 nitrogen and oxygen atoms in total. The summed E-state index contributed by atoms with van der Waals surface area (Å²) >= 11 is 17.4. The SMILES string of the molecule is COc1c(Cl)ncnc1Oc1cc(Cl)c(Cl)cc1[N+](=O)[O-]. The minimum absolute atomic E-state index is 0.00483. The van der Waals surface area contributed by atoms with Gasteiger partial charge in [0.2, 0.25) is 11.5 Å². The molecule has 10 heteroatoms. The van der Waals surface area contributed by atoms with Gasteiger partial charge in [0.1, 0.15) is 6.33 Å². The predicted octanol–water partition coefficient (Wildman–Crippen LogP) is 4.15. The Morgan fingerprint density at radius 2 is 1.86 bits per heavy atom. The summed E-state index contributed by atoms with van der Waals surface area (Å²) in [5, 5.41) is 11.2. The van der Waals surface area contributed by atoms with Crippen molar-refractivity contribution in [2.24, 2.45) is 0 Å². The number of nitrogens with zero attached hydrogens (tertiary/aromatic N) is 3. The summed E-state index contributed by atoms with van der Waals surface area (Å²) in [5.74, 6) is -0.194. The molecule has 0 atom stereocenters. The van der Waals surface area contributed by atoms with Crippen LogP contribution in [0.5, 0.6) is 17.4 Å². The Kier molecular flexibility index (Phi) is 4.66. The minimum atomic E-state index is -0.660. The van der Waals surface area contributed by atoms with E-state index in [-0.39, 0.29) is 38.3 Å². The molecule has 0 N–H and O–H groups in total. The normalized spacial score (nSPS) is 10.3. The highest BCUT2D eigenvalue weighted by atomic mass is 35.5. The Hall–Kier alpha value is -1.83. The number of rotatable bonds is 4. The molecule has 0 bridgehead atoms. The molecule has 0 spiro atoms. The number of halogens is 3. The van der Waals surface area contributed by atoms with Crippen molar-refractivity contribution >= 4 is 40.5 Å². The molecule has 0 amide bonds. The number of ether oxygens (including phenoxy) is 2. The first-order chi connectivity index (χ1) is 9.93. The molecule has 0 fully saturated rings. The predicted molar refractivity (Wildman–Crippen MR) is 76.8 cm³/mol. The third-order valence-corrected chi connectivity index (χ3v) is 3.33. The van der Waals surface area contributed by atoms with Crippen LogP contribution in [-0.4, -0.2) is 22.0 Å². The molecule has 1 aromatic carbocycles. The maximum atomic E-state index is 11.0. The fraction of sp³-hybridized carbons (Fsp3) is 0.0909. The van der Waals surface area contributed by atoms with E-state index in [4.69, 9.17) is 44.3 Å². The van der Waals surface area contributed by atoms with E-state index in [0.29, 0.717) is 0 Å². The van der Waals surface area contributed by atoms with E-state index in [9.17, 15) is 10.1 Å². The molecule has 1 aromatic heterocycles. The molecule has 0 saturated carbocycles. The molecule has 21 heavy (non-hydrogen) atoms. The highest BCUT2D eigenvalue weighted by molar-refractivity contribution is 6.42. The van der Waals surface area contributed by atoms with Gasteiger partial charge in [-0.25, -0.2) is 4.98 Å². The number of hydrogen-bond donors (Lipinski definition) is 0. The summed E-state index contributed by atoms with van der Waals surface area (Å²) in [4.78, 5) is 17.9. The van der Waals surface area contributed by atoms with Crippen molar-refractivity contribution in [3.05, 3.63) is 43.8 Å². The molecular formula is C11H6Cl3N3O4. The third-order valence-electron chi connectivity index (χ3n) is 2.34. The van der Waals surface area contributed by atoms with E-state index < -0.39 is 4.92 Å². The first-order valence-electron chi connectivity index (χ1n) is 5.29. The molecule has 0 aliphatic rings. The summed E-state index contributed by atoms with van der Waals surface area (Å²) in [5.41, 5.74) is -0.374. The van der Waals surface area contributed by atoms with Crippen molar-refractivity contribution < 1.29 is 14.4 Å². The second-order valence-corrected chi connectivity index (χ2v) is 4.77. The van der Waals surface area contributed by atoms with Gasteiger partial charge in [-0.05, 0) is 0 Å². The molecule has 0 saturated heterocycles. The van der Waals surface area contributed by atoms with Gasteiger partial charge in [-0.15, -0.1) is 0 Å². The zero-order valence-corrected chi connectivity index (χ0v) is 12.6. The number of methoxy groups -OCH3 is 1. The van der Waals surface area contributed by atoms with Crippen molar-refractivity contribution in [1.82, 2.24) is 9.97 Å². The van der Waals surface area contributed by atoms with Crippen LogP contribution in [0.15, 0.2) is 18.5 Å². The smallest absolute Gasteiger partial charge is 0.313 e. The van der Waals surface area contributed by atoms with E-state index in [1.54, 1.807) is 0 Å². The van der Waals surface area contributed by atoms with Gasteiger partial charge in [0.05, 0.1) is 22.1 Å². The van der Waals surface area contributed by atoms with E-state index in [1.807, 2.05) is 0 Å². The van der Waals surface area contributed by atoms with E-state index in [0.717, 1.165) is 12.4 Å². The molecule has 2 aromatic rings. The number of nitro benzene ring substituents is 1. The second-order valence-electron chi connectivity index (χ2n) is 3.60. The summed E-state index contributed by atoms with van der Waals surface area (Å²) in [7, 11) is 1.33. The summed E-state index contributed by atoms with van der Waals surface area (Å²) in [6.07, 6.45) is 1.13. The van der Waals surface area contributed by atoms with Gasteiger partial charge in [0.25, 0.3) is 5.88 Å². The molecular weight excluding hydrogens is 344 g/mol. The first-order valence-corrected chi connectivity index (χ1v) is 6.43. The van der Waals surface area contributed by atoms with Crippen LogP contribution in [0.2, 0.25) is 15.2 Å². The monoisotopic (exact) mass is 349 g/mol. The van der Waals surface area contributed by atoms with E-state index in [2.05, 4.69) is 9.97 Å². The number of hydrogen-bond acceptors (Lipinski definition) is 6. The van der Waals surface area contributed by atoms with Gasteiger partial charge >= 0.3 is 5.69 Å². The summed E-state index contributed by atoms with van der Waals surface area (Å²) in [6, 6.07) is 2.28. The van der Waals surface area contributed by atoms with Gasteiger partial charge in [0.15, 0.2) is 5.15 Å². The zero-order valence-electron chi connectivity index (χ0n) is 10.3. The lowest BCUT2D eigenvalue weighted by molar-refractivity contribution is -0.385. The third kappa shape index (κ3) is 3.26. The van der Waals surface area contributed by atoms with E-state index >= 15 is 0 Å². The van der Waals surface area contributed by atoms with Gasteiger partial charge in [-0.1, -0.05) is 34.8 Å². The molecule has 0 aliphatic heterocycles. The second kappa shape index (κ2) is 6.30. The lowest BCUT2D eigenvalue weighted by Crippen LogP contribution is -1.98. The van der Waals surface area contributed by atoms with Crippen LogP contribution >= 0.6 is 34.8 Å². The topological polar surface area (TPSA) is 87.4 Å². The van der Waals surface area contributed by atoms with Crippen LogP contribution in [-0.2, 0) is 0 Å². The van der Waals surface area contributed by atoms with Crippen LogP contribution in [0.1, 0.15) is 0 Å². The highest BCUT2D eigenvalue weighted by Crippen LogP contribution is 2.40. The average Bonchev–Trinajstić information content (AvgIpc) is 2.42. The standard InChI is InChI=1S/C11H6Cl3N3O4/c1-20-9-10(14)15-4-16-11(9)21-8-3-6(13)5(12)2-7(8)17(18)19/h2-4H,1H3. The quantitative estimate of drug-likeness (QED) is 0.468. The number of aromatic nitrogens is 2. The van der Waals surface area contributed by atoms with Crippen molar-refractivity contribution in [1.29, 1.82) is 0 Å². The van der Waals surface area contributed by atoms with Crippen molar-refractivity contribution in [3.8, 4) is 17.4 Å². The maximum absolute atomic E-state index is 11.0. The Bertz CT molecular complexity index is 711. The molecule has 2 rings (SSSR count). The fourth-order valence-corrected chi connectivity index (χ4v) is 1.94. The largest absolute Gasteiger partial charge is 0.489 e. The Morgan fingerprint density at radius 1 is 1.19 bits per heavy atom. The average molecular weight is 351 g/mol. The lowest BCUT2D eigenvalue weighted by atomic mass is 10.3. The molecule has 0 unspecified atom stereocenters. The molecule has 0 aliphatic carbocycles. The Labute approximate surface area is 133 Å². The van der Waals surface area contributed by atoms with Crippen molar-refractivity contribution in [3.63, 3.8) is 0 Å². The minimum Gasteiger partial charge on any atom is -0.489 e. The van der Waals surface area contributed by atoms with Crippen LogP contribution in [0, 0.1) is 10.1 Å². The first kappa shape index (κ1) is 15.6. The maximum Gasteiger partial charge on any atom is 0.313 e. The lowest BCUT2D eigenvalue weighted by Gasteiger charge is -2.10. The zero-order chi connectivity index (χ0) is 15.6. The molecule has 1 heterocycles. The molecule has 0 radical (unpaired) electrons. The fourth-order valence-electron chi connectivity index (χ4n) is 1.43. The number of benzene rings is 1. The summed E-state index contributed by atoms with van der Waals surface area (Å²) in [6.45, 7) is 0. The van der Waals surface area contributed by atoms with Gasteiger partial charge in [0, 0.05) is 12.1 Å². The Morgan fingerprint density at radius 3 is 2.48 bits per heavy atom. The van der Waals surface area contributed by atoms with Gasteiger partial charge < -0.3 is 9.47 Å². The van der Waals surface area contributed by atoms with Gasteiger partial charge in [-0.2, -0.15) is 4.98 Å². The van der Waals surface area contributed by atoms with Crippen LogP contribution < -0.4 is 9.47 Å². The van der Waals surface area contributed by atoms with Gasteiger partial charge in [-0.3, -0.25) is 10.1 Å². The number of nitro groups is 1. The Balaban J connectivity index is 2.51. The van der Waals surface area contributed by atoms with Crippen LogP contribution in [0.3, 0.4) is 0 Å².